The molecule has 3 heterocycles. The van der Waals surface area contributed by atoms with Crippen molar-refractivity contribution in [2.75, 3.05) is 6.26 Å². The van der Waals surface area contributed by atoms with Crippen LogP contribution in [0.15, 0.2) is 34.3 Å². The van der Waals surface area contributed by atoms with Crippen molar-refractivity contribution < 1.29 is 13.2 Å². The van der Waals surface area contributed by atoms with Crippen molar-refractivity contribution in [2.45, 2.75) is 24.8 Å². The van der Waals surface area contributed by atoms with E-state index in [-0.39, 0.29) is 29.0 Å². The Balaban J connectivity index is 2.35. The lowest BCUT2D eigenvalue weighted by Crippen LogP contribution is -2.22. The van der Waals surface area contributed by atoms with Gasteiger partial charge in [0, 0.05) is 12.7 Å². The minimum absolute atomic E-state index is 0.0236. The summed E-state index contributed by atoms with van der Waals surface area (Å²) in [6.07, 6.45) is -1.43. The number of hydrogen-bond acceptors (Lipinski definition) is 5. The highest BCUT2D eigenvalue weighted by atomic mass is 32.2. The highest BCUT2D eigenvalue weighted by Crippen LogP contribution is 2.28. The van der Waals surface area contributed by atoms with E-state index in [2.05, 4.69) is 15.0 Å². The molecule has 24 heavy (non-hydrogen) atoms. The van der Waals surface area contributed by atoms with Gasteiger partial charge in [-0.3, -0.25) is 4.79 Å². The highest BCUT2D eigenvalue weighted by Gasteiger charge is 2.33. The maximum absolute atomic E-state index is 12.9. The maximum Gasteiger partial charge on any atom is 0.433 e. The molecule has 126 valence electrons. The third-order valence-corrected chi connectivity index (χ3v) is 3.94. The quantitative estimate of drug-likeness (QED) is 0.534. The average Bonchev–Trinajstić information content (AvgIpc) is 2.85. The van der Waals surface area contributed by atoms with Gasteiger partial charge in [-0.15, -0.1) is 0 Å². The molecule has 10 heteroatoms. The number of hydrogen-bond donors (Lipinski definition) is 0. The Bertz CT molecular complexity index is 963. The second-order valence-electron chi connectivity index (χ2n) is 4.81. The maximum atomic E-state index is 12.9. The highest BCUT2D eigenvalue weighted by molar-refractivity contribution is 7.98. The fourth-order valence-electron chi connectivity index (χ4n) is 2.33. The molecule has 0 bridgehead atoms. The van der Waals surface area contributed by atoms with E-state index >= 15 is 0 Å². The number of halogens is 3. The minimum atomic E-state index is -4.57. The van der Waals surface area contributed by atoms with Gasteiger partial charge in [-0.1, -0.05) is 17.8 Å². The Morgan fingerprint density at radius 2 is 2.00 bits per heavy atom. The van der Waals surface area contributed by atoms with E-state index in [9.17, 15) is 18.0 Å². The summed E-state index contributed by atoms with van der Waals surface area (Å²) in [4.78, 5) is 24.4. The van der Waals surface area contributed by atoms with Gasteiger partial charge in [-0.05, 0) is 25.3 Å². The first kappa shape index (κ1) is 16.5. The van der Waals surface area contributed by atoms with Crippen LogP contribution in [0.1, 0.15) is 12.6 Å². The first-order valence-corrected chi connectivity index (χ1v) is 8.16. The molecule has 0 atom stereocenters. The number of pyridine rings is 1. The molecule has 6 nitrogen and oxygen atoms in total. The molecule has 3 rings (SSSR count). The third kappa shape index (κ3) is 2.66. The number of alkyl halides is 3. The standard InChI is InChI=1S/C14H12F3N5OS/c1-3-21-12(23)8-7-18-13(24-2)20-11(8)22(21)10-6-4-5-9(19-10)14(15,16)17/h4-7H,3H2,1-2H3. The van der Waals surface area contributed by atoms with Crippen LogP contribution in [0.5, 0.6) is 0 Å². The molecule has 0 amide bonds. The summed E-state index contributed by atoms with van der Waals surface area (Å²) in [5.41, 5.74) is -1.18. The zero-order chi connectivity index (χ0) is 17.5. The van der Waals surface area contributed by atoms with Crippen LogP contribution in [0, 0.1) is 0 Å². The summed E-state index contributed by atoms with van der Waals surface area (Å²) in [6, 6.07) is 3.53. The van der Waals surface area contributed by atoms with Crippen LogP contribution in [-0.4, -0.2) is 30.6 Å². The molecule has 0 fully saturated rings. The molecule has 0 N–H and O–H groups in total. The summed E-state index contributed by atoms with van der Waals surface area (Å²) >= 11 is 1.27. The van der Waals surface area contributed by atoms with Crippen molar-refractivity contribution in [1.82, 2.24) is 24.3 Å². The molecule has 0 aliphatic rings. The lowest BCUT2D eigenvalue weighted by atomic mass is 10.3. The molecule has 3 aromatic rings. The zero-order valence-electron chi connectivity index (χ0n) is 12.7. The number of aromatic nitrogens is 5. The van der Waals surface area contributed by atoms with Crippen molar-refractivity contribution >= 4 is 22.8 Å². The first-order chi connectivity index (χ1) is 11.4. The van der Waals surface area contributed by atoms with E-state index in [1.54, 1.807) is 13.2 Å². The SMILES string of the molecule is CCn1c(=O)c2cnc(SC)nc2n1-c1cccc(C(F)(F)F)n1. The molecule has 0 aliphatic heterocycles. The fraction of sp³-hybridized carbons (Fsp3) is 0.286. The van der Waals surface area contributed by atoms with Crippen molar-refractivity contribution in [3.63, 3.8) is 0 Å². The van der Waals surface area contributed by atoms with E-state index in [1.807, 2.05) is 0 Å². The Kier molecular flexibility index (Phi) is 4.08. The van der Waals surface area contributed by atoms with E-state index in [1.165, 1.54) is 39.5 Å². The van der Waals surface area contributed by atoms with E-state index in [0.29, 0.717) is 5.16 Å². The van der Waals surface area contributed by atoms with Crippen LogP contribution >= 0.6 is 11.8 Å². The van der Waals surface area contributed by atoms with Gasteiger partial charge in [0.1, 0.15) is 11.1 Å². The topological polar surface area (TPSA) is 65.6 Å². The van der Waals surface area contributed by atoms with Crippen molar-refractivity contribution in [2.24, 2.45) is 0 Å². The predicted octanol–water partition coefficient (Wildman–Crippen LogP) is 2.74. The van der Waals surface area contributed by atoms with Crippen LogP contribution in [0.25, 0.3) is 16.9 Å². The second-order valence-corrected chi connectivity index (χ2v) is 5.58. The van der Waals surface area contributed by atoms with E-state index < -0.39 is 11.9 Å². The third-order valence-electron chi connectivity index (χ3n) is 3.38. The summed E-state index contributed by atoms with van der Waals surface area (Å²) < 4.78 is 41.4. The lowest BCUT2D eigenvalue weighted by molar-refractivity contribution is -0.141. The van der Waals surface area contributed by atoms with Crippen molar-refractivity contribution in [3.8, 4) is 5.82 Å². The van der Waals surface area contributed by atoms with E-state index in [4.69, 9.17) is 0 Å². The number of nitrogens with zero attached hydrogens (tertiary/aromatic N) is 5. The largest absolute Gasteiger partial charge is 0.433 e. The smallest absolute Gasteiger partial charge is 0.267 e. The Morgan fingerprint density at radius 1 is 1.25 bits per heavy atom. The Morgan fingerprint density at radius 3 is 2.62 bits per heavy atom. The van der Waals surface area contributed by atoms with Gasteiger partial charge in [0.15, 0.2) is 16.6 Å². The van der Waals surface area contributed by atoms with Gasteiger partial charge in [-0.25, -0.2) is 24.3 Å². The molecular formula is C14H12F3N5OS. The van der Waals surface area contributed by atoms with Gasteiger partial charge in [-0.2, -0.15) is 13.2 Å². The van der Waals surface area contributed by atoms with Gasteiger partial charge < -0.3 is 0 Å². The van der Waals surface area contributed by atoms with Crippen molar-refractivity contribution in [1.29, 1.82) is 0 Å². The molecule has 0 saturated heterocycles. The molecule has 0 spiro atoms. The molecule has 0 unspecified atom stereocenters. The molecule has 3 aromatic heterocycles. The van der Waals surface area contributed by atoms with Gasteiger partial charge in [0.05, 0.1) is 0 Å². The number of rotatable bonds is 3. The molecule has 0 saturated carbocycles. The zero-order valence-corrected chi connectivity index (χ0v) is 13.5. The summed E-state index contributed by atoms with van der Waals surface area (Å²) in [5.74, 6) is -0.0236. The molecule has 0 aliphatic carbocycles. The summed E-state index contributed by atoms with van der Waals surface area (Å²) in [5, 5.41) is 0.644. The predicted molar refractivity (Wildman–Crippen MR) is 83.4 cm³/mol. The molecule has 0 aromatic carbocycles. The van der Waals surface area contributed by atoms with Crippen LogP contribution in [0.4, 0.5) is 13.2 Å². The Labute approximate surface area is 138 Å². The molecular weight excluding hydrogens is 343 g/mol. The number of fused-ring (bicyclic) bond motifs is 1. The minimum Gasteiger partial charge on any atom is -0.267 e. The average molecular weight is 355 g/mol. The first-order valence-electron chi connectivity index (χ1n) is 6.94. The number of thioether (sulfide) groups is 1. The summed E-state index contributed by atoms with van der Waals surface area (Å²) in [7, 11) is 0. The summed E-state index contributed by atoms with van der Waals surface area (Å²) in [6.45, 7) is 1.97. The molecule has 0 radical (unpaired) electrons. The fourth-order valence-corrected chi connectivity index (χ4v) is 2.66. The monoisotopic (exact) mass is 355 g/mol. The van der Waals surface area contributed by atoms with Gasteiger partial charge in [0.25, 0.3) is 5.56 Å². The van der Waals surface area contributed by atoms with E-state index in [0.717, 1.165) is 6.07 Å². The normalized spacial score (nSPS) is 12.0. The van der Waals surface area contributed by atoms with Crippen LogP contribution in [-0.2, 0) is 12.7 Å². The second kappa shape index (κ2) is 5.93. The van der Waals surface area contributed by atoms with Crippen LogP contribution in [0.3, 0.4) is 0 Å². The Hall–Kier alpha value is -2.36. The van der Waals surface area contributed by atoms with Gasteiger partial charge in [0.2, 0.25) is 0 Å². The van der Waals surface area contributed by atoms with Gasteiger partial charge >= 0.3 is 6.18 Å². The van der Waals surface area contributed by atoms with Crippen molar-refractivity contribution in [3.05, 3.63) is 40.4 Å². The van der Waals surface area contributed by atoms with Crippen LogP contribution in [0.2, 0.25) is 0 Å². The van der Waals surface area contributed by atoms with Crippen LogP contribution < -0.4 is 5.56 Å². The lowest BCUT2D eigenvalue weighted by Gasteiger charge is -2.12.